The summed E-state index contributed by atoms with van der Waals surface area (Å²) in [7, 11) is -4.30. The van der Waals surface area contributed by atoms with Crippen LogP contribution in [0.4, 0.5) is 0 Å². The van der Waals surface area contributed by atoms with E-state index in [0.29, 0.717) is 16.6 Å². The van der Waals surface area contributed by atoms with Crippen molar-refractivity contribution in [3.63, 3.8) is 0 Å². The van der Waals surface area contributed by atoms with Crippen LogP contribution in [0.2, 0.25) is 0 Å². The molecule has 6 heteroatoms. The van der Waals surface area contributed by atoms with Crippen LogP contribution >= 0.6 is 0 Å². The lowest BCUT2D eigenvalue weighted by Gasteiger charge is -2.20. The molecule has 1 aromatic carbocycles. The third-order valence-electron chi connectivity index (χ3n) is 2.98. The Morgan fingerprint density at radius 3 is 2.37 bits per heavy atom. The van der Waals surface area contributed by atoms with Crippen LogP contribution in [-0.2, 0) is 16.7 Å². The number of aliphatic hydroxyl groups is 1. The Labute approximate surface area is 112 Å². The second-order valence-corrected chi connectivity index (χ2v) is 6.66. The summed E-state index contributed by atoms with van der Waals surface area (Å²) in [6.07, 6.45) is 0. The lowest BCUT2D eigenvalue weighted by molar-refractivity contribution is 0.0621. The SMILES string of the molecule is Cc1c(S(=O)(=O)O)c2ccccc2n1CC(C)(C)O. The highest BCUT2D eigenvalue weighted by atomic mass is 32.2. The monoisotopic (exact) mass is 283 g/mol. The summed E-state index contributed by atoms with van der Waals surface area (Å²) in [6, 6.07) is 6.91. The number of aromatic nitrogens is 1. The first-order valence-corrected chi connectivity index (χ1v) is 7.33. The van der Waals surface area contributed by atoms with Gasteiger partial charge in [0.25, 0.3) is 10.1 Å². The molecule has 0 amide bonds. The zero-order valence-electron chi connectivity index (χ0n) is 11.1. The molecular weight excluding hydrogens is 266 g/mol. The molecule has 1 heterocycles. The van der Waals surface area contributed by atoms with E-state index in [-0.39, 0.29) is 11.4 Å². The number of hydrogen-bond donors (Lipinski definition) is 2. The van der Waals surface area contributed by atoms with Crippen LogP contribution in [0.5, 0.6) is 0 Å². The van der Waals surface area contributed by atoms with Crippen LogP contribution in [0.25, 0.3) is 10.9 Å². The summed E-state index contributed by atoms with van der Waals surface area (Å²) in [4.78, 5) is -0.0904. The van der Waals surface area contributed by atoms with Gasteiger partial charge in [-0.05, 0) is 26.8 Å². The average molecular weight is 283 g/mol. The number of hydrogen-bond acceptors (Lipinski definition) is 3. The van der Waals surface area contributed by atoms with E-state index in [1.165, 1.54) is 0 Å². The maximum absolute atomic E-state index is 11.5. The third kappa shape index (κ3) is 2.65. The summed E-state index contributed by atoms with van der Waals surface area (Å²) in [5.41, 5.74) is 0.115. The van der Waals surface area contributed by atoms with E-state index in [1.54, 1.807) is 49.6 Å². The standard InChI is InChI=1S/C13H17NO4S/c1-9-12(19(16,17)18)10-6-4-5-7-11(10)14(9)8-13(2,3)15/h4-7,15H,8H2,1-3H3,(H,16,17,18). The van der Waals surface area contributed by atoms with Gasteiger partial charge in [0.05, 0.1) is 12.1 Å². The minimum atomic E-state index is -4.30. The quantitative estimate of drug-likeness (QED) is 0.844. The Morgan fingerprint density at radius 2 is 1.84 bits per heavy atom. The number of fused-ring (bicyclic) bond motifs is 1. The van der Waals surface area contributed by atoms with Crippen molar-refractivity contribution < 1.29 is 18.1 Å². The van der Waals surface area contributed by atoms with Crippen molar-refractivity contribution in [3.05, 3.63) is 30.0 Å². The Bertz CT molecular complexity index is 723. The molecule has 0 atom stereocenters. The molecule has 2 aromatic rings. The van der Waals surface area contributed by atoms with Crippen molar-refractivity contribution in [3.8, 4) is 0 Å². The first-order valence-electron chi connectivity index (χ1n) is 5.89. The van der Waals surface area contributed by atoms with Gasteiger partial charge in [-0.2, -0.15) is 8.42 Å². The van der Waals surface area contributed by atoms with Gasteiger partial charge in [0, 0.05) is 16.6 Å². The maximum atomic E-state index is 11.5. The van der Waals surface area contributed by atoms with Gasteiger partial charge in [-0.15, -0.1) is 0 Å². The normalized spacial score (nSPS) is 13.1. The van der Waals surface area contributed by atoms with Gasteiger partial charge in [0.2, 0.25) is 0 Å². The summed E-state index contributed by atoms with van der Waals surface area (Å²) >= 11 is 0. The molecule has 0 spiro atoms. The lowest BCUT2D eigenvalue weighted by Crippen LogP contribution is -2.26. The third-order valence-corrected chi connectivity index (χ3v) is 4.01. The highest BCUT2D eigenvalue weighted by Gasteiger charge is 2.25. The number of nitrogens with zero attached hydrogens (tertiary/aromatic N) is 1. The zero-order valence-corrected chi connectivity index (χ0v) is 11.9. The smallest absolute Gasteiger partial charge is 0.296 e. The molecule has 0 saturated carbocycles. The van der Waals surface area contributed by atoms with E-state index >= 15 is 0 Å². The Balaban J connectivity index is 2.83. The molecule has 5 nitrogen and oxygen atoms in total. The molecule has 0 aliphatic rings. The highest BCUT2D eigenvalue weighted by molar-refractivity contribution is 7.86. The van der Waals surface area contributed by atoms with Crippen LogP contribution < -0.4 is 0 Å². The molecular formula is C13H17NO4S. The van der Waals surface area contributed by atoms with E-state index in [9.17, 15) is 18.1 Å². The molecule has 2 rings (SSSR count). The largest absolute Gasteiger partial charge is 0.389 e. The second-order valence-electron chi connectivity index (χ2n) is 5.31. The number of rotatable bonds is 3. The number of benzene rings is 1. The van der Waals surface area contributed by atoms with E-state index in [4.69, 9.17) is 0 Å². The first-order chi connectivity index (χ1) is 8.61. The molecule has 19 heavy (non-hydrogen) atoms. The molecule has 0 unspecified atom stereocenters. The maximum Gasteiger partial charge on any atom is 0.296 e. The summed E-state index contributed by atoms with van der Waals surface area (Å²) in [5, 5.41) is 10.4. The van der Waals surface area contributed by atoms with E-state index in [1.807, 2.05) is 0 Å². The zero-order chi connectivity index (χ0) is 14.4. The molecule has 0 fully saturated rings. The van der Waals surface area contributed by atoms with Gasteiger partial charge in [0.1, 0.15) is 4.90 Å². The van der Waals surface area contributed by atoms with Crippen molar-refractivity contribution in [2.75, 3.05) is 0 Å². The Kier molecular flexibility index (Phi) is 3.20. The van der Waals surface area contributed by atoms with Crippen molar-refractivity contribution >= 4 is 21.0 Å². The van der Waals surface area contributed by atoms with Gasteiger partial charge in [0.15, 0.2) is 0 Å². The fourth-order valence-corrected chi connectivity index (χ4v) is 3.25. The van der Waals surface area contributed by atoms with E-state index < -0.39 is 15.7 Å². The van der Waals surface area contributed by atoms with Gasteiger partial charge >= 0.3 is 0 Å². The van der Waals surface area contributed by atoms with Crippen LogP contribution in [0.3, 0.4) is 0 Å². The Hall–Kier alpha value is -1.37. The van der Waals surface area contributed by atoms with Crippen molar-refractivity contribution in [2.24, 2.45) is 0 Å². The molecule has 0 radical (unpaired) electrons. The van der Waals surface area contributed by atoms with Crippen molar-refractivity contribution in [1.29, 1.82) is 0 Å². The predicted octanol–water partition coefficient (Wildman–Crippen LogP) is 1.97. The molecule has 0 bridgehead atoms. The van der Waals surface area contributed by atoms with Gasteiger partial charge in [-0.3, -0.25) is 4.55 Å². The number of para-hydroxylation sites is 1. The van der Waals surface area contributed by atoms with Gasteiger partial charge < -0.3 is 9.67 Å². The minimum Gasteiger partial charge on any atom is -0.389 e. The van der Waals surface area contributed by atoms with Gasteiger partial charge in [-0.1, -0.05) is 18.2 Å². The van der Waals surface area contributed by atoms with Crippen molar-refractivity contribution in [1.82, 2.24) is 4.57 Å². The fraction of sp³-hybridized carbons (Fsp3) is 0.385. The van der Waals surface area contributed by atoms with E-state index in [0.717, 1.165) is 0 Å². The van der Waals surface area contributed by atoms with Crippen LogP contribution in [-0.4, -0.2) is 28.2 Å². The fourth-order valence-electron chi connectivity index (χ4n) is 2.32. The minimum absolute atomic E-state index is 0.0904. The molecule has 2 N–H and O–H groups in total. The molecule has 1 aromatic heterocycles. The summed E-state index contributed by atoms with van der Waals surface area (Å²) in [5.74, 6) is 0. The molecule has 0 aliphatic carbocycles. The molecule has 0 aliphatic heterocycles. The topological polar surface area (TPSA) is 79.5 Å². The van der Waals surface area contributed by atoms with Crippen LogP contribution in [0.15, 0.2) is 29.2 Å². The van der Waals surface area contributed by atoms with Crippen molar-refractivity contribution in [2.45, 2.75) is 37.8 Å². The average Bonchev–Trinajstić information content (AvgIpc) is 2.49. The van der Waals surface area contributed by atoms with Gasteiger partial charge in [-0.25, -0.2) is 0 Å². The van der Waals surface area contributed by atoms with Crippen LogP contribution in [0.1, 0.15) is 19.5 Å². The van der Waals surface area contributed by atoms with Crippen LogP contribution in [0, 0.1) is 6.92 Å². The first kappa shape index (κ1) is 14.0. The Morgan fingerprint density at radius 1 is 1.26 bits per heavy atom. The summed E-state index contributed by atoms with van der Waals surface area (Å²) < 4.78 is 34.1. The predicted molar refractivity (Wildman–Crippen MR) is 72.8 cm³/mol. The van der Waals surface area contributed by atoms with E-state index in [2.05, 4.69) is 0 Å². The molecule has 0 saturated heterocycles. The lowest BCUT2D eigenvalue weighted by atomic mass is 10.1. The highest BCUT2D eigenvalue weighted by Crippen LogP contribution is 2.30. The molecule has 104 valence electrons. The second kappa shape index (κ2) is 4.33. The summed E-state index contributed by atoms with van der Waals surface area (Å²) in [6.45, 7) is 5.16.